The molecule has 0 saturated heterocycles. The van der Waals surface area contributed by atoms with Gasteiger partial charge < -0.3 is 0 Å². The van der Waals surface area contributed by atoms with Crippen molar-refractivity contribution < 1.29 is 21.6 Å². The molecule has 1 rings (SSSR count). The summed E-state index contributed by atoms with van der Waals surface area (Å²) in [4.78, 5) is 0. The first kappa shape index (κ1) is 16.3. The summed E-state index contributed by atoms with van der Waals surface area (Å²) in [7, 11) is 1.54. The Morgan fingerprint density at radius 3 is 2.11 bits per heavy atom. The molecule has 4 nitrogen and oxygen atoms in total. The van der Waals surface area contributed by atoms with Crippen molar-refractivity contribution in [2.24, 2.45) is 7.05 Å². The molecule has 0 N–H and O–H groups in total. The van der Waals surface area contributed by atoms with Crippen molar-refractivity contribution in [3.63, 3.8) is 0 Å². The molecule has 1 aromatic heterocycles. The highest BCUT2D eigenvalue weighted by Gasteiger charge is 2.51. The standard InChI is InChI=1S/C10H14ClF3N2O2S/c1-9(2,3)7-6(5-16(4)15-7)8(10(12,13)14)19(11,17)18/h5,8H,1-4H3. The molecule has 1 heterocycles. The van der Waals surface area contributed by atoms with Crippen LogP contribution in [-0.4, -0.2) is 24.4 Å². The second-order valence-corrected chi connectivity index (χ2v) is 7.97. The van der Waals surface area contributed by atoms with E-state index >= 15 is 0 Å². The van der Waals surface area contributed by atoms with E-state index in [4.69, 9.17) is 10.7 Å². The summed E-state index contributed by atoms with van der Waals surface area (Å²) in [6, 6.07) is 0. The van der Waals surface area contributed by atoms with Crippen LogP contribution >= 0.6 is 10.7 Å². The third-order valence-electron chi connectivity index (χ3n) is 2.43. The molecule has 0 bridgehead atoms. The fourth-order valence-corrected chi connectivity index (χ4v) is 3.16. The van der Waals surface area contributed by atoms with Gasteiger partial charge in [0.2, 0.25) is 9.05 Å². The topological polar surface area (TPSA) is 52.0 Å². The monoisotopic (exact) mass is 318 g/mol. The zero-order valence-electron chi connectivity index (χ0n) is 10.8. The van der Waals surface area contributed by atoms with Crippen molar-refractivity contribution in [1.29, 1.82) is 0 Å². The maximum Gasteiger partial charge on any atom is 0.410 e. The Kier molecular flexibility index (Phi) is 4.00. The van der Waals surface area contributed by atoms with Gasteiger partial charge in [-0.1, -0.05) is 20.8 Å². The first-order chi connectivity index (χ1) is 8.24. The summed E-state index contributed by atoms with van der Waals surface area (Å²) in [6.07, 6.45) is -3.96. The number of aryl methyl sites for hydroxylation is 1. The summed E-state index contributed by atoms with van der Waals surface area (Å²) in [6.45, 7) is 4.94. The van der Waals surface area contributed by atoms with Gasteiger partial charge in [-0.15, -0.1) is 0 Å². The molecule has 0 fully saturated rings. The second-order valence-electron chi connectivity index (χ2n) is 5.25. The summed E-state index contributed by atoms with van der Waals surface area (Å²) in [5, 5.41) is 1.15. The molecule has 0 aromatic carbocycles. The lowest BCUT2D eigenvalue weighted by atomic mass is 9.88. The van der Waals surface area contributed by atoms with Gasteiger partial charge in [-0.2, -0.15) is 18.3 Å². The SMILES string of the molecule is Cn1cc(C(C(F)(F)F)S(=O)(=O)Cl)c(C(C)(C)C)n1. The molecule has 0 aliphatic heterocycles. The zero-order valence-corrected chi connectivity index (χ0v) is 12.4. The van der Waals surface area contributed by atoms with Crippen LogP contribution in [0.3, 0.4) is 0 Å². The van der Waals surface area contributed by atoms with Gasteiger partial charge in [-0.05, 0) is 0 Å². The number of halogens is 4. The molecule has 0 radical (unpaired) electrons. The molecule has 0 spiro atoms. The van der Waals surface area contributed by atoms with E-state index in [1.54, 1.807) is 20.8 Å². The fraction of sp³-hybridized carbons (Fsp3) is 0.700. The van der Waals surface area contributed by atoms with E-state index in [0.29, 0.717) is 0 Å². The lowest BCUT2D eigenvalue weighted by Crippen LogP contribution is -2.28. The van der Waals surface area contributed by atoms with Gasteiger partial charge in [-0.3, -0.25) is 4.68 Å². The van der Waals surface area contributed by atoms with Crippen LogP contribution in [0.1, 0.15) is 37.3 Å². The predicted molar refractivity (Wildman–Crippen MR) is 65.5 cm³/mol. The van der Waals surface area contributed by atoms with Gasteiger partial charge >= 0.3 is 6.18 Å². The largest absolute Gasteiger partial charge is 0.410 e. The molecular weight excluding hydrogens is 305 g/mol. The Hall–Kier alpha value is -0.760. The lowest BCUT2D eigenvalue weighted by Gasteiger charge is -2.22. The molecule has 0 saturated carbocycles. The third-order valence-corrected chi connectivity index (χ3v) is 4.05. The summed E-state index contributed by atoms with van der Waals surface area (Å²) < 4.78 is 62.6. The minimum absolute atomic E-state index is 0.0570. The first-order valence-electron chi connectivity index (χ1n) is 5.29. The maximum atomic E-state index is 13.0. The van der Waals surface area contributed by atoms with Crippen LogP contribution < -0.4 is 0 Å². The minimum atomic E-state index is -5.00. The Balaban J connectivity index is 3.58. The first-order valence-corrected chi connectivity index (χ1v) is 7.66. The molecular formula is C10H14ClF3N2O2S. The van der Waals surface area contributed by atoms with Crippen LogP contribution in [0.2, 0.25) is 0 Å². The van der Waals surface area contributed by atoms with Crippen molar-refractivity contribution in [2.45, 2.75) is 37.6 Å². The number of hydrogen-bond donors (Lipinski definition) is 0. The number of hydrogen-bond acceptors (Lipinski definition) is 3. The lowest BCUT2D eigenvalue weighted by molar-refractivity contribution is -0.131. The van der Waals surface area contributed by atoms with E-state index in [-0.39, 0.29) is 5.69 Å². The highest BCUT2D eigenvalue weighted by molar-refractivity contribution is 8.14. The predicted octanol–water partition coefficient (Wildman–Crippen LogP) is 2.89. The third kappa shape index (κ3) is 3.62. The average molecular weight is 319 g/mol. The van der Waals surface area contributed by atoms with E-state index in [9.17, 15) is 21.6 Å². The highest BCUT2D eigenvalue weighted by Crippen LogP contribution is 2.44. The molecule has 0 aliphatic rings. The Bertz CT molecular complexity index is 573. The quantitative estimate of drug-likeness (QED) is 0.788. The van der Waals surface area contributed by atoms with Crippen LogP contribution in [-0.2, 0) is 21.5 Å². The number of alkyl halides is 3. The van der Waals surface area contributed by atoms with Crippen LogP contribution in [0.4, 0.5) is 13.2 Å². The molecule has 1 unspecified atom stereocenters. The molecule has 9 heteroatoms. The number of aromatic nitrogens is 2. The van der Waals surface area contributed by atoms with Crippen molar-refractivity contribution >= 4 is 19.7 Å². The molecule has 1 atom stereocenters. The molecule has 0 amide bonds. The van der Waals surface area contributed by atoms with Crippen LogP contribution in [0.25, 0.3) is 0 Å². The summed E-state index contributed by atoms with van der Waals surface area (Å²) in [5.41, 5.74) is -1.11. The van der Waals surface area contributed by atoms with Gasteiger partial charge in [0, 0.05) is 34.9 Å². The smallest absolute Gasteiger partial charge is 0.275 e. The Morgan fingerprint density at radius 2 is 1.79 bits per heavy atom. The Labute approximate surface area is 114 Å². The number of rotatable bonds is 2. The second kappa shape index (κ2) is 4.66. The van der Waals surface area contributed by atoms with E-state index < -0.39 is 31.5 Å². The minimum Gasteiger partial charge on any atom is -0.275 e. The molecule has 0 aliphatic carbocycles. The van der Waals surface area contributed by atoms with Gasteiger partial charge in [0.25, 0.3) is 0 Å². The van der Waals surface area contributed by atoms with Gasteiger partial charge in [0.05, 0.1) is 5.69 Å². The molecule has 110 valence electrons. The van der Waals surface area contributed by atoms with Crippen molar-refractivity contribution in [2.75, 3.05) is 0 Å². The van der Waals surface area contributed by atoms with E-state index in [1.165, 1.54) is 7.05 Å². The molecule has 1 aromatic rings. The van der Waals surface area contributed by atoms with Gasteiger partial charge in [-0.25, -0.2) is 8.42 Å². The van der Waals surface area contributed by atoms with Crippen molar-refractivity contribution in [3.8, 4) is 0 Å². The van der Waals surface area contributed by atoms with Crippen LogP contribution in [0.5, 0.6) is 0 Å². The van der Waals surface area contributed by atoms with E-state index in [0.717, 1.165) is 10.9 Å². The number of nitrogens with zero attached hydrogens (tertiary/aromatic N) is 2. The normalized spacial score (nSPS) is 15.6. The van der Waals surface area contributed by atoms with E-state index in [1.807, 2.05) is 0 Å². The summed E-state index contributed by atoms with van der Waals surface area (Å²) in [5.74, 6) is 0. The van der Waals surface area contributed by atoms with Gasteiger partial charge in [0.1, 0.15) is 0 Å². The zero-order chi connectivity index (χ0) is 15.2. The Morgan fingerprint density at radius 1 is 1.32 bits per heavy atom. The summed E-state index contributed by atoms with van der Waals surface area (Å²) >= 11 is 0. The fourth-order valence-electron chi connectivity index (χ4n) is 1.77. The maximum absolute atomic E-state index is 13.0. The molecule has 19 heavy (non-hydrogen) atoms. The highest BCUT2D eigenvalue weighted by atomic mass is 35.7. The van der Waals surface area contributed by atoms with Crippen LogP contribution in [0, 0.1) is 0 Å². The van der Waals surface area contributed by atoms with Crippen molar-refractivity contribution in [1.82, 2.24) is 9.78 Å². The van der Waals surface area contributed by atoms with Crippen molar-refractivity contribution in [3.05, 3.63) is 17.5 Å². The van der Waals surface area contributed by atoms with Crippen LogP contribution in [0.15, 0.2) is 6.20 Å². The van der Waals surface area contributed by atoms with Gasteiger partial charge in [0.15, 0.2) is 5.25 Å². The average Bonchev–Trinajstić information content (AvgIpc) is 2.40. The van der Waals surface area contributed by atoms with E-state index in [2.05, 4.69) is 5.10 Å².